The van der Waals surface area contributed by atoms with Crippen molar-refractivity contribution < 1.29 is 40.2 Å². The van der Waals surface area contributed by atoms with E-state index in [2.05, 4.69) is 0 Å². The van der Waals surface area contributed by atoms with Crippen LogP contribution in [0.5, 0.6) is 5.75 Å². The van der Waals surface area contributed by atoms with Gasteiger partial charge < -0.3 is 35.4 Å². The summed E-state index contributed by atoms with van der Waals surface area (Å²) >= 11 is 0. The van der Waals surface area contributed by atoms with Gasteiger partial charge in [-0.2, -0.15) is 0 Å². The summed E-state index contributed by atoms with van der Waals surface area (Å²) in [4.78, 5) is 12.1. The third-order valence-electron chi connectivity index (χ3n) is 3.64. The molecule has 0 spiro atoms. The van der Waals surface area contributed by atoms with Crippen molar-refractivity contribution in [1.29, 1.82) is 0 Å². The largest absolute Gasteiger partial charge is 0.508 e. The Labute approximate surface area is 131 Å². The maximum absolute atomic E-state index is 12.1. The maximum atomic E-state index is 12.1. The molecule has 0 radical (unpaired) electrons. The molecule has 1 fully saturated rings. The summed E-state index contributed by atoms with van der Waals surface area (Å²) in [6.07, 6.45) is -4.79. The number of ketones is 1. The predicted molar refractivity (Wildman–Crippen MR) is 77.1 cm³/mol. The molecule has 1 aromatic rings. The summed E-state index contributed by atoms with van der Waals surface area (Å²) in [5.74, 6) is -3.82. The molecular formula is C15H18O8. The summed E-state index contributed by atoms with van der Waals surface area (Å²) in [6.45, 7) is -0.762. The van der Waals surface area contributed by atoms with Crippen molar-refractivity contribution >= 4 is 11.9 Å². The Balaban J connectivity index is 2.20. The van der Waals surface area contributed by atoms with Crippen molar-refractivity contribution in [3.8, 4) is 5.75 Å². The molecule has 126 valence electrons. The summed E-state index contributed by atoms with van der Waals surface area (Å²) in [6, 6.07) is 5.81. The number of benzene rings is 1. The summed E-state index contributed by atoms with van der Waals surface area (Å²) in [5, 5.41) is 57.6. The highest BCUT2D eigenvalue weighted by molar-refractivity contribution is 5.99. The van der Waals surface area contributed by atoms with Crippen LogP contribution in [0.3, 0.4) is 0 Å². The molecule has 1 saturated heterocycles. The molecule has 23 heavy (non-hydrogen) atoms. The van der Waals surface area contributed by atoms with Crippen LogP contribution in [0.25, 0.3) is 6.08 Å². The molecule has 0 aliphatic carbocycles. The normalized spacial score (nSPS) is 34.7. The van der Waals surface area contributed by atoms with Gasteiger partial charge in [0.15, 0.2) is 0 Å². The number of aliphatic hydroxyl groups excluding tert-OH is 4. The first-order valence-corrected chi connectivity index (χ1v) is 6.86. The fraction of sp³-hybridized carbons (Fsp3) is 0.400. The van der Waals surface area contributed by atoms with Crippen molar-refractivity contribution in [1.82, 2.24) is 0 Å². The standard InChI is InChI=1S/C15H18O8/c16-7-10-12(19)13(20)14(21)15(22,23-10)11(18)6-3-8-1-4-9(17)5-2-8/h1-6,10,12-14,16-17,19-22H,7H2/t10-,12-,13+,14-,15-/m1/s1. The number of ether oxygens (including phenoxy) is 1. The molecule has 0 unspecified atom stereocenters. The molecule has 1 aliphatic rings. The Hall–Kier alpha value is -1.81. The van der Waals surface area contributed by atoms with Gasteiger partial charge in [0.1, 0.15) is 30.2 Å². The number of carbonyl (C=O) groups is 1. The van der Waals surface area contributed by atoms with Crippen LogP contribution in [-0.4, -0.2) is 73.2 Å². The average molecular weight is 326 g/mol. The van der Waals surface area contributed by atoms with E-state index in [1.54, 1.807) is 0 Å². The molecule has 1 aromatic carbocycles. The average Bonchev–Trinajstić information content (AvgIpc) is 2.55. The Morgan fingerprint density at radius 1 is 1.17 bits per heavy atom. The van der Waals surface area contributed by atoms with Crippen LogP contribution in [0.1, 0.15) is 5.56 Å². The van der Waals surface area contributed by atoms with Crippen molar-refractivity contribution in [2.75, 3.05) is 6.61 Å². The lowest BCUT2D eigenvalue weighted by Gasteiger charge is -2.43. The first-order chi connectivity index (χ1) is 10.8. The van der Waals surface area contributed by atoms with Gasteiger partial charge in [-0.15, -0.1) is 0 Å². The second-order valence-electron chi connectivity index (χ2n) is 5.25. The van der Waals surface area contributed by atoms with E-state index in [0.717, 1.165) is 6.08 Å². The van der Waals surface area contributed by atoms with E-state index in [-0.39, 0.29) is 5.75 Å². The SMILES string of the molecule is O=C(C=Cc1ccc(O)cc1)[C@@]1(O)O[C@H](CO)[C@@H](O)[C@H](O)[C@H]1O. The van der Waals surface area contributed by atoms with Crippen LogP contribution in [0.15, 0.2) is 30.3 Å². The van der Waals surface area contributed by atoms with E-state index >= 15 is 0 Å². The number of phenols is 1. The van der Waals surface area contributed by atoms with Crippen molar-refractivity contribution in [3.63, 3.8) is 0 Å². The topological polar surface area (TPSA) is 148 Å². The molecule has 5 atom stereocenters. The van der Waals surface area contributed by atoms with E-state index in [9.17, 15) is 25.2 Å². The Morgan fingerprint density at radius 3 is 2.35 bits per heavy atom. The lowest BCUT2D eigenvalue weighted by molar-refractivity contribution is -0.329. The molecule has 2 rings (SSSR count). The number of phenolic OH excluding ortho intramolecular Hbond substituents is 1. The van der Waals surface area contributed by atoms with Crippen LogP contribution in [0.4, 0.5) is 0 Å². The molecular weight excluding hydrogens is 308 g/mol. The molecule has 0 saturated carbocycles. The maximum Gasteiger partial charge on any atom is 0.260 e. The Kier molecular flexibility index (Phi) is 5.15. The molecule has 1 heterocycles. The monoisotopic (exact) mass is 326 g/mol. The fourth-order valence-corrected chi connectivity index (χ4v) is 2.23. The van der Waals surface area contributed by atoms with E-state index in [0.29, 0.717) is 5.56 Å². The number of hydrogen-bond acceptors (Lipinski definition) is 8. The molecule has 8 nitrogen and oxygen atoms in total. The van der Waals surface area contributed by atoms with Gasteiger partial charge in [0.2, 0.25) is 5.78 Å². The lowest BCUT2D eigenvalue weighted by atomic mass is 9.90. The Morgan fingerprint density at radius 2 is 1.78 bits per heavy atom. The minimum absolute atomic E-state index is 0.0426. The smallest absolute Gasteiger partial charge is 0.260 e. The molecule has 8 heteroatoms. The number of aliphatic hydroxyl groups is 5. The van der Waals surface area contributed by atoms with E-state index in [1.165, 1.54) is 30.3 Å². The third-order valence-corrected chi connectivity index (χ3v) is 3.64. The predicted octanol–water partition coefficient (Wildman–Crippen LogP) is -1.86. The van der Waals surface area contributed by atoms with Crippen molar-refractivity contribution in [2.24, 2.45) is 0 Å². The Bertz CT molecular complexity index is 582. The number of rotatable bonds is 4. The van der Waals surface area contributed by atoms with Crippen LogP contribution in [0.2, 0.25) is 0 Å². The van der Waals surface area contributed by atoms with Gasteiger partial charge in [-0.05, 0) is 23.8 Å². The zero-order valence-corrected chi connectivity index (χ0v) is 12.0. The molecule has 1 aliphatic heterocycles. The second kappa shape index (κ2) is 6.75. The van der Waals surface area contributed by atoms with Crippen LogP contribution in [-0.2, 0) is 9.53 Å². The number of carbonyl (C=O) groups excluding carboxylic acids is 1. The quantitative estimate of drug-likeness (QED) is 0.353. The summed E-state index contributed by atoms with van der Waals surface area (Å²) < 4.78 is 4.89. The van der Waals surface area contributed by atoms with Crippen molar-refractivity contribution in [2.45, 2.75) is 30.2 Å². The van der Waals surface area contributed by atoms with Crippen LogP contribution in [0, 0.1) is 0 Å². The summed E-state index contributed by atoms with van der Waals surface area (Å²) in [7, 11) is 0. The van der Waals surface area contributed by atoms with Crippen LogP contribution < -0.4 is 0 Å². The molecule has 6 N–H and O–H groups in total. The number of aromatic hydroxyl groups is 1. The van der Waals surface area contributed by atoms with E-state index in [4.69, 9.17) is 14.9 Å². The lowest BCUT2D eigenvalue weighted by Crippen LogP contribution is -2.67. The number of hydrogen-bond donors (Lipinski definition) is 6. The van der Waals surface area contributed by atoms with Gasteiger partial charge >= 0.3 is 0 Å². The van der Waals surface area contributed by atoms with Crippen molar-refractivity contribution in [3.05, 3.63) is 35.9 Å². The van der Waals surface area contributed by atoms with Gasteiger partial charge in [-0.3, -0.25) is 4.79 Å². The zero-order chi connectivity index (χ0) is 17.2. The fourth-order valence-electron chi connectivity index (χ4n) is 2.23. The molecule has 0 aromatic heterocycles. The summed E-state index contributed by atoms with van der Waals surface area (Å²) in [5.41, 5.74) is 0.532. The van der Waals surface area contributed by atoms with Crippen LogP contribution >= 0.6 is 0 Å². The third kappa shape index (κ3) is 3.42. The highest BCUT2D eigenvalue weighted by atomic mass is 16.7. The van der Waals surface area contributed by atoms with Gasteiger partial charge in [-0.25, -0.2) is 0 Å². The molecule has 0 bridgehead atoms. The van der Waals surface area contributed by atoms with Gasteiger partial charge in [0.25, 0.3) is 5.79 Å². The minimum Gasteiger partial charge on any atom is -0.508 e. The first-order valence-electron chi connectivity index (χ1n) is 6.86. The van der Waals surface area contributed by atoms with Gasteiger partial charge in [0, 0.05) is 0 Å². The zero-order valence-electron chi connectivity index (χ0n) is 12.0. The highest BCUT2D eigenvalue weighted by Crippen LogP contribution is 2.29. The second-order valence-corrected chi connectivity index (χ2v) is 5.25. The van der Waals surface area contributed by atoms with Gasteiger partial charge in [-0.1, -0.05) is 18.2 Å². The highest BCUT2D eigenvalue weighted by Gasteiger charge is 2.56. The minimum atomic E-state index is -2.79. The van der Waals surface area contributed by atoms with Gasteiger partial charge in [0.05, 0.1) is 6.61 Å². The molecule has 0 amide bonds. The van der Waals surface area contributed by atoms with E-state index < -0.39 is 42.6 Å². The van der Waals surface area contributed by atoms with E-state index in [1.807, 2.05) is 0 Å². The first kappa shape index (κ1) is 17.5.